The second-order valence-corrected chi connectivity index (χ2v) is 3.43. The molecular weight excluding hydrogens is 194 g/mol. The molecule has 1 aromatic heterocycles. The van der Waals surface area contributed by atoms with E-state index < -0.39 is 0 Å². The molecule has 0 aliphatic rings. The Morgan fingerprint density at radius 3 is 2.43 bits per heavy atom. The van der Waals surface area contributed by atoms with Crippen molar-refractivity contribution in [3.63, 3.8) is 0 Å². The van der Waals surface area contributed by atoms with Gasteiger partial charge in [-0.2, -0.15) is 0 Å². The van der Waals surface area contributed by atoms with Gasteiger partial charge >= 0.3 is 0 Å². The maximum absolute atomic E-state index is 6.24. The van der Waals surface area contributed by atoms with Crippen molar-refractivity contribution in [2.75, 3.05) is 0 Å². The average Bonchev–Trinajstić information content (AvgIpc) is 2.17. The van der Waals surface area contributed by atoms with E-state index in [0.29, 0.717) is 0 Å². The van der Waals surface area contributed by atoms with Crippen LogP contribution in [-0.4, -0.2) is 4.98 Å². The average molecular weight is 208 g/mol. The van der Waals surface area contributed by atoms with Gasteiger partial charge in [0.05, 0.1) is 10.7 Å². The molecule has 0 atom stereocenters. The molecule has 0 spiro atoms. The molecule has 1 aromatic rings. The second kappa shape index (κ2) is 4.43. The Hall–Kier alpha value is -1.08. The third-order valence-electron chi connectivity index (χ3n) is 2.25. The van der Waals surface area contributed by atoms with Gasteiger partial charge < -0.3 is 0 Å². The highest BCUT2D eigenvalue weighted by atomic mass is 35.5. The van der Waals surface area contributed by atoms with E-state index in [1.165, 1.54) is 0 Å². The van der Waals surface area contributed by atoms with E-state index in [9.17, 15) is 0 Å². The van der Waals surface area contributed by atoms with Crippen LogP contribution in [-0.2, 0) is 6.42 Å². The molecule has 14 heavy (non-hydrogen) atoms. The Bertz CT molecular complexity index is 380. The largest absolute Gasteiger partial charge is 0.253 e. The number of hydrogen-bond donors (Lipinski definition) is 0. The summed E-state index contributed by atoms with van der Waals surface area (Å²) in [5.41, 5.74) is 3.74. The minimum Gasteiger partial charge on any atom is -0.253 e. The molecule has 0 fully saturated rings. The number of pyridine rings is 1. The zero-order valence-corrected chi connectivity index (χ0v) is 9.36. The van der Waals surface area contributed by atoms with Crippen molar-refractivity contribution in [1.29, 1.82) is 0 Å². The molecule has 1 rings (SSSR count). The first kappa shape index (κ1) is 11.0. The van der Waals surface area contributed by atoms with Gasteiger partial charge in [-0.25, -0.2) is 0 Å². The Labute approximate surface area is 90.1 Å². The number of aryl methyl sites for hydroxylation is 1. The summed E-state index contributed by atoms with van der Waals surface area (Å²) in [5.74, 6) is 0. The van der Waals surface area contributed by atoms with Gasteiger partial charge in [-0.3, -0.25) is 4.98 Å². The smallest absolute Gasteiger partial charge is 0.0714 e. The molecule has 0 saturated carbocycles. The molecule has 2 heteroatoms. The molecule has 74 valence electrons. The molecule has 0 N–H and O–H groups in total. The normalized spacial score (nSPS) is 9.93. The lowest BCUT2D eigenvalue weighted by atomic mass is 10.1. The zero-order chi connectivity index (χ0) is 10.7. The van der Waals surface area contributed by atoms with Crippen LogP contribution in [0.1, 0.15) is 29.4 Å². The van der Waals surface area contributed by atoms with Crippen molar-refractivity contribution in [2.45, 2.75) is 20.3 Å². The van der Waals surface area contributed by atoms with Gasteiger partial charge in [0.2, 0.25) is 0 Å². The predicted octanol–water partition coefficient (Wildman–Crippen LogP) is 3.89. The van der Waals surface area contributed by atoms with Crippen LogP contribution in [0.15, 0.2) is 13.2 Å². The lowest BCUT2D eigenvalue weighted by Crippen LogP contribution is -1.98. The van der Waals surface area contributed by atoms with E-state index >= 15 is 0 Å². The quantitative estimate of drug-likeness (QED) is 0.733. The van der Waals surface area contributed by atoms with Crippen LogP contribution in [0, 0.1) is 6.92 Å². The van der Waals surface area contributed by atoms with Gasteiger partial charge in [-0.15, -0.1) is 0 Å². The first-order chi connectivity index (χ1) is 6.65. The third-order valence-corrected chi connectivity index (χ3v) is 2.69. The van der Waals surface area contributed by atoms with Crippen molar-refractivity contribution < 1.29 is 0 Å². The van der Waals surface area contributed by atoms with Crippen LogP contribution in [0.2, 0.25) is 5.02 Å². The monoisotopic (exact) mass is 207 g/mol. The fourth-order valence-electron chi connectivity index (χ4n) is 1.50. The first-order valence-corrected chi connectivity index (χ1v) is 4.97. The lowest BCUT2D eigenvalue weighted by Gasteiger charge is -2.10. The Morgan fingerprint density at radius 1 is 1.36 bits per heavy atom. The van der Waals surface area contributed by atoms with Crippen molar-refractivity contribution in [2.24, 2.45) is 0 Å². The second-order valence-electron chi connectivity index (χ2n) is 3.05. The summed E-state index contributed by atoms with van der Waals surface area (Å²) in [6, 6.07) is 0. The van der Waals surface area contributed by atoms with E-state index in [1.807, 2.05) is 6.92 Å². The summed E-state index contributed by atoms with van der Waals surface area (Å²) in [6.45, 7) is 11.5. The number of nitrogens with zero attached hydrogens (tertiary/aromatic N) is 1. The summed E-state index contributed by atoms with van der Waals surface area (Å²) in [6.07, 6.45) is 4.32. The molecule has 0 amide bonds. The molecule has 0 aliphatic carbocycles. The number of halogens is 1. The lowest BCUT2D eigenvalue weighted by molar-refractivity contribution is 1.04. The fraction of sp³-hybridized carbons (Fsp3) is 0.250. The summed E-state index contributed by atoms with van der Waals surface area (Å²) >= 11 is 6.24. The van der Waals surface area contributed by atoms with Crippen LogP contribution in [0.25, 0.3) is 12.2 Å². The van der Waals surface area contributed by atoms with E-state index in [2.05, 4.69) is 25.1 Å². The standard InChI is InChI=1S/C12H14ClN/c1-5-9-8(4)14-11(7-3)10(6-2)12(9)13/h6-7H,2-3,5H2,1,4H3. The van der Waals surface area contributed by atoms with Gasteiger partial charge in [0.1, 0.15) is 0 Å². The molecule has 0 saturated heterocycles. The molecule has 0 radical (unpaired) electrons. The van der Waals surface area contributed by atoms with Gasteiger partial charge in [0.15, 0.2) is 0 Å². The van der Waals surface area contributed by atoms with Crippen LogP contribution < -0.4 is 0 Å². The predicted molar refractivity (Wildman–Crippen MR) is 63.5 cm³/mol. The van der Waals surface area contributed by atoms with Crippen LogP contribution in [0.4, 0.5) is 0 Å². The molecule has 1 heterocycles. The maximum Gasteiger partial charge on any atom is 0.0714 e. The number of rotatable bonds is 3. The van der Waals surface area contributed by atoms with Crippen LogP contribution in [0.3, 0.4) is 0 Å². The topological polar surface area (TPSA) is 12.9 Å². The minimum absolute atomic E-state index is 0.755. The number of hydrogen-bond acceptors (Lipinski definition) is 1. The van der Waals surface area contributed by atoms with Gasteiger partial charge in [0.25, 0.3) is 0 Å². The molecule has 0 aliphatic heterocycles. The Kier molecular flexibility index (Phi) is 3.48. The molecule has 1 nitrogen and oxygen atoms in total. The van der Waals surface area contributed by atoms with E-state index in [0.717, 1.165) is 34.0 Å². The van der Waals surface area contributed by atoms with Gasteiger partial charge in [0, 0.05) is 11.3 Å². The van der Waals surface area contributed by atoms with Crippen molar-refractivity contribution in [1.82, 2.24) is 4.98 Å². The zero-order valence-electron chi connectivity index (χ0n) is 8.60. The van der Waals surface area contributed by atoms with Crippen LogP contribution >= 0.6 is 11.6 Å². The van der Waals surface area contributed by atoms with E-state index in [4.69, 9.17) is 11.6 Å². The van der Waals surface area contributed by atoms with Crippen molar-refractivity contribution >= 4 is 23.8 Å². The molecule has 0 aromatic carbocycles. The number of aromatic nitrogens is 1. The van der Waals surface area contributed by atoms with Crippen LogP contribution in [0.5, 0.6) is 0 Å². The van der Waals surface area contributed by atoms with Gasteiger partial charge in [-0.05, 0) is 25.0 Å². The molecule has 0 unspecified atom stereocenters. The SMILES string of the molecule is C=Cc1nc(C)c(CC)c(Cl)c1C=C. The molecular formula is C12H14ClN. The highest BCUT2D eigenvalue weighted by Gasteiger charge is 2.10. The highest BCUT2D eigenvalue weighted by Crippen LogP contribution is 2.27. The Morgan fingerprint density at radius 2 is 2.00 bits per heavy atom. The maximum atomic E-state index is 6.24. The van der Waals surface area contributed by atoms with Crippen molar-refractivity contribution in [3.05, 3.63) is 40.7 Å². The van der Waals surface area contributed by atoms with E-state index in [-0.39, 0.29) is 0 Å². The molecule has 0 bridgehead atoms. The summed E-state index contributed by atoms with van der Waals surface area (Å²) < 4.78 is 0. The Balaban J connectivity index is 3.54. The van der Waals surface area contributed by atoms with Crippen molar-refractivity contribution in [3.8, 4) is 0 Å². The van der Waals surface area contributed by atoms with E-state index in [1.54, 1.807) is 12.2 Å². The summed E-state index contributed by atoms with van der Waals surface area (Å²) in [7, 11) is 0. The fourth-order valence-corrected chi connectivity index (χ4v) is 1.95. The summed E-state index contributed by atoms with van der Waals surface area (Å²) in [4.78, 5) is 4.42. The first-order valence-electron chi connectivity index (χ1n) is 4.59. The minimum atomic E-state index is 0.755. The van der Waals surface area contributed by atoms with Gasteiger partial charge in [-0.1, -0.05) is 37.8 Å². The highest BCUT2D eigenvalue weighted by molar-refractivity contribution is 6.33. The summed E-state index contributed by atoms with van der Waals surface area (Å²) in [5, 5.41) is 0.755. The third kappa shape index (κ3) is 1.73.